The van der Waals surface area contributed by atoms with Gasteiger partial charge >= 0.3 is 5.97 Å². The average Bonchev–Trinajstić information content (AvgIpc) is 3.32. The molecular formula is C24H26N2O8. The normalized spacial score (nSPS) is 10.5. The number of ether oxygens (including phenoxy) is 4. The Morgan fingerprint density at radius 3 is 2.18 bits per heavy atom. The van der Waals surface area contributed by atoms with Crippen LogP contribution in [0.2, 0.25) is 0 Å². The second-order valence-electron chi connectivity index (χ2n) is 7.19. The molecule has 10 heteroatoms. The van der Waals surface area contributed by atoms with Crippen LogP contribution in [0.4, 0.5) is 5.69 Å². The molecule has 10 nitrogen and oxygen atoms in total. The Morgan fingerprint density at radius 2 is 1.59 bits per heavy atom. The van der Waals surface area contributed by atoms with Gasteiger partial charge in [0.2, 0.25) is 11.7 Å². The quantitative estimate of drug-likeness (QED) is 0.423. The van der Waals surface area contributed by atoms with Gasteiger partial charge in [0.1, 0.15) is 5.75 Å². The molecule has 34 heavy (non-hydrogen) atoms. The van der Waals surface area contributed by atoms with Gasteiger partial charge in [-0.05, 0) is 36.2 Å². The molecule has 0 bridgehead atoms. The number of methoxy groups -OCH3 is 4. The van der Waals surface area contributed by atoms with Crippen LogP contribution >= 0.6 is 0 Å². The fourth-order valence-corrected chi connectivity index (χ4v) is 3.45. The van der Waals surface area contributed by atoms with Gasteiger partial charge in [-0.1, -0.05) is 11.2 Å². The molecule has 0 saturated heterocycles. The molecular weight excluding hydrogens is 444 g/mol. The monoisotopic (exact) mass is 470 g/mol. The van der Waals surface area contributed by atoms with E-state index in [1.807, 2.05) is 6.07 Å². The molecule has 1 amide bonds. The standard InChI is InChI=1S/C24H26N2O8/c1-30-18-9-8-14(10-17(18)26-21(27)6-5-7-22(28)29)16-13-25-34-23(16)15-11-19(31-2)24(33-4)20(12-15)32-3/h8-13H,5-7H2,1-4H3,(H,26,27)(H,28,29). The van der Waals surface area contributed by atoms with Crippen molar-refractivity contribution in [2.24, 2.45) is 0 Å². The molecule has 0 radical (unpaired) electrons. The Hall–Kier alpha value is -4.21. The molecule has 0 spiro atoms. The average molecular weight is 470 g/mol. The van der Waals surface area contributed by atoms with E-state index < -0.39 is 5.97 Å². The second-order valence-corrected chi connectivity index (χ2v) is 7.19. The zero-order valence-electron chi connectivity index (χ0n) is 19.3. The number of anilines is 1. The van der Waals surface area contributed by atoms with Gasteiger partial charge in [-0.3, -0.25) is 9.59 Å². The molecule has 0 unspecified atom stereocenters. The number of carboxylic acid groups (broad SMARTS) is 1. The van der Waals surface area contributed by atoms with E-state index in [0.29, 0.717) is 51.1 Å². The van der Waals surface area contributed by atoms with Gasteiger partial charge in [-0.15, -0.1) is 0 Å². The summed E-state index contributed by atoms with van der Waals surface area (Å²) >= 11 is 0. The Labute approximate surface area is 196 Å². The highest BCUT2D eigenvalue weighted by molar-refractivity contribution is 5.94. The Bertz CT molecular complexity index is 1150. The van der Waals surface area contributed by atoms with Gasteiger partial charge in [0.25, 0.3) is 0 Å². The highest BCUT2D eigenvalue weighted by Gasteiger charge is 2.20. The lowest BCUT2D eigenvalue weighted by atomic mass is 10.0. The van der Waals surface area contributed by atoms with Crippen LogP contribution in [-0.2, 0) is 9.59 Å². The maximum atomic E-state index is 12.3. The first-order chi connectivity index (χ1) is 16.4. The number of nitrogens with one attached hydrogen (secondary N) is 1. The van der Waals surface area contributed by atoms with Crippen molar-refractivity contribution < 1.29 is 38.2 Å². The van der Waals surface area contributed by atoms with Gasteiger partial charge in [-0.25, -0.2) is 0 Å². The van der Waals surface area contributed by atoms with Crippen molar-refractivity contribution in [2.45, 2.75) is 19.3 Å². The minimum Gasteiger partial charge on any atom is -0.495 e. The lowest BCUT2D eigenvalue weighted by molar-refractivity contribution is -0.137. The first kappa shape index (κ1) is 24.4. The molecule has 3 aromatic rings. The predicted molar refractivity (Wildman–Crippen MR) is 124 cm³/mol. The summed E-state index contributed by atoms with van der Waals surface area (Å²) in [5, 5.41) is 15.5. The molecule has 1 aromatic heterocycles. The Morgan fingerprint density at radius 1 is 0.912 bits per heavy atom. The van der Waals surface area contributed by atoms with Crippen LogP contribution < -0.4 is 24.3 Å². The van der Waals surface area contributed by atoms with Crippen LogP contribution in [0.25, 0.3) is 22.5 Å². The van der Waals surface area contributed by atoms with E-state index in [2.05, 4.69) is 10.5 Å². The first-order valence-corrected chi connectivity index (χ1v) is 10.4. The Balaban J connectivity index is 1.96. The largest absolute Gasteiger partial charge is 0.495 e. The van der Waals surface area contributed by atoms with E-state index >= 15 is 0 Å². The predicted octanol–water partition coefficient (Wildman–Crippen LogP) is 4.24. The molecule has 180 valence electrons. The van der Waals surface area contributed by atoms with E-state index in [1.165, 1.54) is 28.4 Å². The number of benzene rings is 2. The number of carboxylic acids is 1. The van der Waals surface area contributed by atoms with Crippen LogP contribution in [0.5, 0.6) is 23.0 Å². The highest BCUT2D eigenvalue weighted by Crippen LogP contribution is 2.44. The van der Waals surface area contributed by atoms with Crippen molar-refractivity contribution >= 4 is 17.6 Å². The first-order valence-electron chi connectivity index (χ1n) is 10.4. The fraction of sp³-hybridized carbons (Fsp3) is 0.292. The van der Waals surface area contributed by atoms with Crippen LogP contribution in [-0.4, -0.2) is 50.6 Å². The molecule has 1 heterocycles. The number of carbonyl (C=O) groups is 2. The summed E-state index contributed by atoms with van der Waals surface area (Å²) in [6.07, 6.45) is 1.80. The minimum absolute atomic E-state index is 0.0731. The van der Waals surface area contributed by atoms with Gasteiger partial charge in [0.05, 0.1) is 40.3 Å². The number of amides is 1. The fourth-order valence-electron chi connectivity index (χ4n) is 3.45. The number of rotatable bonds is 11. The van der Waals surface area contributed by atoms with E-state index in [1.54, 1.807) is 30.5 Å². The third-order valence-corrected chi connectivity index (χ3v) is 5.08. The molecule has 0 fully saturated rings. The van der Waals surface area contributed by atoms with Crippen molar-refractivity contribution in [3.8, 4) is 45.4 Å². The summed E-state index contributed by atoms with van der Waals surface area (Å²) in [5.74, 6) is 1.04. The van der Waals surface area contributed by atoms with E-state index in [9.17, 15) is 9.59 Å². The summed E-state index contributed by atoms with van der Waals surface area (Å²) in [6.45, 7) is 0. The maximum Gasteiger partial charge on any atom is 0.303 e. The maximum absolute atomic E-state index is 12.3. The van der Waals surface area contributed by atoms with E-state index in [4.69, 9.17) is 28.6 Å². The van der Waals surface area contributed by atoms with Crippen molar-refractivity contribution in [1.29, 1.82) is 0 Å². The number of hydrogen-bond donors (Lipinski definition) is 2. The molecule has 0 aliphatic rings. The zero-order valence-corrected chi connectivity index (χ0v) is 19.3. The van der Waals surface area contributed by atoms with Crippen LogP contribution in [0.1, 0.15) is 19.3 Å². The third kappa shape index (κ3) is 5.40. The molecule has 2 aromatic carbocycles. The molecule has 2 N–H and O–H groups in total. The smallest absolute Gasteiger partial charge is 0.303 e. The van der Waals surface area contributed by atoms with E-state index in [0.717, 1.165) is 0 Å². The van der Waals surface area contributed by atoms with Crippen molar-refractivity contribution in [2.75, 3.05) is 33.8 Å². The van der Waals surface area contributed by atoms with Crippen molar-refractivity contribution in [3.05, 3.63) is 36.5 Å². The summed E-state index contributed by atoms with van der Waals surface area (Å²) in [4.78, 5) is 23.0. The lowest BCUT2D eigenvalue weighted by Gasteiger charge is -2.14. The SMILES string of the molecule is COc1ccc(-c2cnoc2-c2cc(OC)c(OC)c(OC)c2)cc1NC(=O)CCCC(=O)O. The molecule has 0 saturated carbocycles. The third-order valence-electron chi connectivity index (χ3n) is 5.08. The number of hydrogen-bond acceptors (Lipinski definition) is 8. The van der Waals surface area contributed by atoms with Gasteiger partial charge in [0, 0.05) is 24.0 Å². The van der Waals surface area contributed by atoms with Crippen molar-refractivity contribution in [1.82, 2.24) is 5.16 Å². The molecule has 0 aliphatic carbocycles. The summed E-state index contributed by atoms with van der Waals surface area (Å²) in [7, 11) is 6.07. The highest BCUT2D eigenvalue weighted by atomic mass is 16.5. The second kappa shape index (κ2) is 11.1. The van der Waals surface area contributed by atoms with Crippen LogP contribution in [0, 0.1) is 0 Å². The molecule has 0 atom stereocenters. The van der Waals surface area contributed by atoms with Gasteiger partial charge < -0.3 is 33.9 Å². The number of aromatic nitrogens is 1. The van der Waals surface area contributed by atoms with Gasteiger partial charge in [-0.2, -0.15) is 0 Å². The topological polar surface area (TPSA) is 129 Å². The summed E-state index contributed by atoms with van der Waals surface area (Å²) in [5.41, 5.74) is 2.47. The lowest BCUT2D eigenvalue weighted by Crippen LogP contribution is -2.12. The van der Waals surface area contributed by atoms with Gasteiger partial charge in [0.15, 0.2) is 17.3 Å². The summed E-state index contributed by atoms with van der Waals surface area (Å²) in [6, 6.07) is 8.77. The zero-order chi connectivity index (χ0) is 24.7. The Kier molecular flexibility index (Phi) is 7.96. The number of nitrogens with zero attached hydrogens (tertiary/aromatic N) is 1. The summed E-state index contributed by atoms with van der Waals surface area (Å²) < 4.78 is 27.2. The molecule has 0 aliphatic heterocycles. The number of aliphatic carboxylic acids is 1. The minimum atomic E-state index is -0.945. The van der Waals surface area contributed by atoms with Crippen molar-refractivity contribution in [3.63, 3.8) is 0 Å². The van der Waals surface area contributed by atoms with E-state index in [-0.39, 0.29) is 25.2 Å². The number of carbonyl (C=O) groups excluding carboxylic acids is 1. The van der Waals surface area contributed by atoms with Crippen LogP contribution in [0.3, 0.4) is 0 Å². The molecule has 3 rings (SSSR count). The van der Waals surface area contributed by atoms with Crippen LogP contribution in [0.15, 0.2) is 41.1 Å².